The fourth-order valence-corrected chi connectivity index (χ4v) is 2.24. The summed E-state index contributed by atoms with van der Waals surface area (Å²) in [6.45, 7) is 5.01. The van der Waals surface area contributed by atoms with Crippen LogP contribution in [0.4, 0.5) is 0 Å². The summed E-state index contributed by atoms with van der Waals surface area (Å²) in [4.78, 5) is 4.25. The normalized spacial score (nSPS) is 18.6. The van der Waals surface area contributed by atoms with E-state index in [1.54, 1.807) is 13.4 Å². The second-order valence-corrected chi connectivity index (χ2v) is 4.78. The first kappa shape index (κ1) is 13.2. The molecule has 0 aromatic carbocycles. The van der Waals surface area contributed by atoms with Gasteiger partial charge in [0.25, 0.3) is 0 Å². The first-order chi connectivity index (χ1) is 8.81. The van der Waals surface area contributed by atoms with Gasteiger partial charge in [0.1, 0.15) is 12.2 Å². The van der Waals surface area contributed by atoms with E-state index in [9.17, 15) is 0 Å². The standard InChI is InChI=1S/C13H22N4O/c1-11-8-13-15-10-16-17(13)9-12(11)4-3-5-14-6-7-18-2/h9-11,14H,3-8H2,1-2H3. The van der Waals surface area contributed by atoms with Gasteiger partial charge in [0.2, 0.25) is 0 Å². The fraction of sp³-hybridized carbons (Fsp3) is 0.692. The van der Waals surface area contributed by atoms with Crippen LogP contribution in [-0.2, 0) is 11.2 Å². The highest BCUT2D eigenvalue weighted by molar-refractivity contribution is 5.35. The number of fused-ring (bicyclic) bond motifs is 1. The van der Waals surface area contributed by atoms with Gasteiger partial charge < -0.3 is 10.1 Å². The Morgan fingerprint density at radius 3 is 3.22 bits per heavy atom. The molecule has 0 radical (unpaired) electrons. The van der Waals surface area contributed by atoms with Crippen LogP contribution < -0.4 is 5.32 Å². The summed E-state index contributed by atoms with van der Waals surface area (Å²) >= 11 is 0. The number of hydrogen-bond acceptors (Lipinski definition) is 4. The zero-order valence-electron chi connectivity index (χ0n) is 11.2. The maximum atomic E-state index is 4.99. The van der Waals surface area contributed by atoms with Crippen LogP contribution in [0.15, 0.2) is 11.9 Å². The van der Waals surface area contributed by atoms with Crippen LogP contribution in [0, 0.1) is 5.92 Å². The molecule has 2 heterocycles. The van der Waals surface area contributed by atoms with Crippen molar-refractivity contribution in [3.05, 3.63) is 17.7 Å². The van der Waals surface area contributed by atoms with Crippen molar-refractivity contribution in [3.63, 3.8) is 0 Å². The second-order valence-electron chi connectivity index (χ2n) is 4.78. The van der Waals surface area contributed by atoms with Gasteiger partial charge in [-0.15, -0.1) is 0 Å². The van der Waals surface area contributed by atoms with Crippen LogP contribution in [0.5, 0.6) is 0 Å². The Balaban J connectivity index is 1.76. The molecule has 0 fully saturated rings. The maximum absolute atomic E-state index is 4.99. The van der Waals surface area contributed by atoms with Gasteiger partial charge in [-0.3, -0.25) is 0 Å². The zero-order valence-corrected chi connectivity index (χ0v) is 11.2. The van der Waals surface area contributed by atoms with Gasteiger partial charge in [0, 0.05) is 26.3 Å². The minimum Gasteiger partial charge on any atom is -0.383 e. The Morgan fingerprint density at radius 2 is 2.39 bits per heavy atom. The lowest BCUT2D eigenvalue weighted by atomic mass is 9.92. The number of methoxy groups -OCH3 is 1. The van der Waals surface area contributed by atoms with Crippen LogP contribution in [0.1, 0.15) is 25.6 Å². The van der Waals surface area contributed by atoms with Gasteiger partial charge in [-0.05, 0) is 30.9 Å². The largest absolute Gasteiger partial charge is 0.383 e. The van der Waals surface area contributed by atoms with Gasteiger partial charge in [0.15, 0.2) is 0 Å². The molecule has 1 unspecified atom stereocenters. The van der Waals surface area contributed by atoms with Crippen molar-refractivity contribution in [2.75, 3.05) is 26.8 Å². The molecular weight excluding hydrogens is 228 g/mol. The summed E-state index contributed by atoms with van der Waals surface area (Å²) in [5.41, 5.74) is 1.47. The molecule has 1 aliphatic rings. The molecule has 2 rings (SSSR count). The first-order valence-electron chi connectivity index (χ1n) is 6.60. The minimum atomic E-state index is 0.584. The molecular formula is C13H22N4O. The highest BCUT2D eigenvalue weighted by Crippen LogP contribution is 2.25. The highest BCUT2D eigenvalue weighted by Gasteiger charge is 2.18. The van der Waals surface area contributed by atoms with Gasteiger partial charge in [-0.25, -0.2) is 9.67 Å². The molecule has 0 bridgehead atoms. The average molecular weight is 250 g/mol. The quantitative estimate of drug-likeness (QED) is 0.742. The molecule has 0 saturated heterocycles. The van der Waals surface area contributed by atoms with Crippen molar-refractivity contribution in [2.45, 2.75) is 26.2 Å². The molecule has 1 N–H and O–H groups in total. The molecule has 1 atom stereocenters. The summed E-state index contributed by atoms with van der Waals surface area (Å²) in [5, 5.41) is 7.58. The molecule has 1 aromatic heterocycles. The molecule has 18 heavy (non-hydrogen) atoms. The van der Waals surface area contributed by atoms with E-state index in [0.29, 0.717) is 5.92 Å². The average Bonchev–Trinajstić information content (AvgIpc) is 2.80. The van der Waals surface area contributed by atoms with Crippen LogP contribution in [-0.4, -0.2) is 41.6 Å². The van der Waals surface area contributed by atoms with Crippen LogP contribution in [0.2, 0.25) is 0 Å². The van der Waals surface area contributed by atoms with Crippen LogP contribution >= 0.6 is 0 Å². The lowest BCUT2D eigenvalue weighted by molar-refractivity contribution is 0.199. The summed E-state index contributed by atoms with van der Waals surface area (Å²) in [6.07, 6.45) is 7.06. The number of ether oxygens (including phenoxy) is 1. The summed E-state index contributed by atoms with van der Waals surface area (Å²) in [7, 11) is 1.73. The highest BCUT2D eigenvalue weighted by atomic mass is 16.5. The first-order valence-corrected chi connectivity index (χ1v) is 6.60. The van der Waals surface area contributed by atoms with E-state index in [0.717, 1.165) is 44.8 Å². The Labute approximate surface area is 108 Å². The molecule has 1 aliphatic heterocycles. The maximum Gasteiger partial charge on any atom is 0.138 e. The summed E-state index contributed by atoms with van der Waals surface area (Å²) in [5.74, 6) is 1.66. The zero-order chi connectivity index (χ0) is 12.8. The number of hydrogen-bond donors (Lipinski definition) is 1. The van der Waals surface area contributed by atoms with Gasteiger partial charge >= 0.3 is 0 Å². The lowest BCUT2D eigenvalue weighted by Crippen LogP contribution is -2.21. The molecule has 100 valence electrons. The number of aromatic nitrogens is 3. The SMILES string of the molecule is COCCNCCCC1=Cn2ncnc2CC1C. The van der Waals surface area contributed by atoms with Gasteiger partial charge in [0.05, 0.1) is 6.61 Å². The van der Waals surface area contributed by atoms with Gasteiger partial charge in [-0.1, -0.05) is 6.92 Å². The number of allylic oxidation sites excluding steroid dienone is 1. The molecule has 0 spiro atoms. The molecule has 0 saturated carbocycles. The van der Waals surface area contributed by atoms with Crippen molar-refractivity contribution in [1.82, 2.24) is 20.1 Å². The van der Waals surface area contributed by atoms with Crippen molar-refractivity contribution in [3.8, 4) is 0 Å². The Morgan fingerprint density at radius 1 is 1.50 bits per heavy atom. The number of rotatable bonds is 7. The third-order valence-corrected chi connectivity index (χ3v) is 3.36. The van der Waals surface area contributed by atoms with E-state index in [1.165, 1.54) is 5.57 Å². The lowest BCUT2D eigenvalue weighted by Gasteiger charge is -2.20. The molecule has 0 aliphatic carbocycles. The van der Waals surface area contributed by atoms with Crippen LogP contribution in [0.3, 0.4) is 0 Å². The third kappa shape index (κ3) is 3.40. The predicted molar refractivity (Wildman–Crippen MR) is 71.1 cm³/mol. The van der Waals surface area contributed by atoms with Crippen LogP contribution in [0.25, 0.3) is 6.20 Å². The second kappa shape index (κ2) is 6.66. The summed E-state index contributed by atoms with van der Waals surface area (Å²) < 4.78 is 6.90. The smallest absolute Gasteiger partial charge is 0.138 e. The van der Waals surface area contributed by atoms with Crippen molar-refractivity contribution < 1.29 is 4.74 Å². The topological polar surface area (TPSA) is 52.0 Å². The Kier molecular flexibility index (Phi) is 4.90. The van der Waals surface area contributed by atoms with Crippen molar-refractivity contribution in [2.24, 2.45) is 5.92 Å². The Bertz CT molecular complexity index is 399. The van der Waals surface area contributed by atoms with Gasteiger partial charge in [-0.2, -0.15) is 5.10 Å². The molecule has 1 aromatic rings. The summed E-state index contributed by atoms with van der Waals surface area (Å²) in [6, 6.07) is 0. The van der Waals surface area contributed by atoms with E-state index in [2.05, 4.69) is 28.5 Å². The fourth-order valence-electron chi connectivity index (χ4n) is 2.24. The van der Waals surface area contributed by atoms with E-state index in [-0.39, 0.29) is 0 Å². The molecule has 5 heteroatoms. The minimum absolute atomic E-state index is 0.584. The van der Waals surface area contributed by atoms with Crippen molar-refractivity contribution in [1.29, 1.82) is 0 Å². The van der Waals surface area contributed by atoms with E-state index in [1.807, 2.05) is 4.68 Å². The predicted octanol–water partition coefficient (Wildman–Crippen LogP) is 1.33. The number of nitrogens with one attached hydrogen (secondary N) is 1. The number of nitrogens with zero attached hydrogens (tertiary/aromatic N) is 3. The van der Waals surface area contributed by atoms with E-state index in [4.69, 9.17) is 4.74 Å². The Hall–Kier alpha value is -1.20. The molecule has 0 amide bonds. The van der Waals surface area contributed by atoms with E-state index < -0.39 is 0 Å². The third-order valence-electron chi connectivity index (χ3n) is 3.36. The monoisotopic (exact) mass is 250 g/mol. The van der Waals surface area contributed by atoms with E-state index >= 15 is 0 Å². The van der Waals surface area contributed by atoms with Crippen molar-refractivity contribution >= 4 is 6.20 Å². The molecule has 5 nitrogen and oxygen atoms in total.